The third-order valence-electron chi connectivity index (χ3n) is 19.5. The fourth-order valence-corrected chi connectivity index (χ4v) is 18.8. The van der Waals surface area contributed by atoms with Crippen molar-refractivity contribution in [1.29, 1.82) is 0 Å². The molecule has 0 saturated carbocycles. The molecule has 9 aromatic heterocycles. The van der Waals surface area contributed by atoms with Crippen LogP contribution in [0.25, 0.3) is 33.5 Å². The van der Waals surface area contributed by atoms with Crippen LogP contribution in [-0.4, -0.2) is 235 Å². The molecule has 5 unspecified atom stereocenters. The number of fused-ring (bicyclic) bond motifs is 3. The second-order valence-electron chi connectivity index (χ2n) is 27.4. The summed E-state index contributed by atoms with van der Waals surface area (Å²) >= 11 is 0. The Bertz CT molecular complexity index is 6010. The van der Waals surface area contributed by atoms with Crippen LogP contribution in [0.1, 0.15) is 75.9 Å². The Morgan fingerprint density at radius 2 is 0.608 bits per heavy atom. The van der Waals surface area contributed by atoms with Gasteiger partial charge in [-0.1, -0.05) is 0 Å². The molecule has 6 saturated heterocycles. The second kappa shape index (κ2) is 33.9. The lowest BCUT2D eigenvalue weighted by Crippen LogP contribution is -2.32. The summed E-state index contributed by atoms with van der Waals surface area (Å²) in [7, 11) is -27.5. The Hall–Kier alpha value is -9.28. The predicted octanol–water partition coefficient (Wildman–Crippen LogP) is -3.76. The minimum atomic E-state index is -5.66. The summed E-state index contributed by atoms with van der Waals surface area (Å²) in [6.45, 7) is -5.97. The third kappa shape index (κ3) is 19.0. The zero-order valence-electron chi connectivity index (χ0n) is 61.1. The van der Waals surface area contributed by atoms with E-state index in [0.29, 0.717) is 0 Å². The van der Waals surface area contributed by atoms with Gasteiger partial charge in [0.15, 0.2) is 16.9 Å². The minimum absolute atomic E-state index is 0.0358. The van der Waals surface area contributed by atoms with Crippen LogP contribution in [0.5, 0.6) is 0 Å². The van der Waals surface area contributed by atoms with Gasteiger partial charge < -0.3 is 97.5 Å². The van der Waals surface area contributed by atoms with Crippen molar-refractivity contribution in [3.05, 3.63) is 119 Å². The van der Waals surface area contributed by atoms with Gasteiger partial charge in [-0.25, -0.2) is 66.5 Å². The van der Waals surface area contributed by atoms with Crippen LogP contribution < -0.4 is 68.5 Å². The highest BCUT2D eigenvalue weighted by Crippen LogP contribution is 2.57. The molecule has 63 heteroatoms. The first-order chi connectivity index (χ1) is 56.8. The highest BCUT2D eigenvalue weighted by molar-refractivity contribution is 7.48. The van der Waals surface area contributed by atoms with Crippen LogP contribution in [0.2, 0.25) is 0 Å². The van der Waals surface area contributed by atoms with Crippen molar-refractivity contribution in [1.82, 2.24) is 87.2 Å². The number of nitrogens with two attached hydrogens (primary N) is 6. The molecule has 15 heterocycles. The summed E-state index contributed by atoms with van der Waals surface area (Å²) in [4.78, 5) is 175. The zero-order chi connectivity index (χ0) is 85.4. The summed E-state index contributed by atoms with van der Waals surface area (Å²) in [6.07, 6.45) is -23.0. The maximum atomic E-state index is 14.5. The molecule has 120 heavy (non-hydrogen) atoms. The molecule has 23 atom stereocenters. The fourth-order valence-electron chi connectivity index (χ4n) is 14.0. The van der Waals surface area contributed by atoms with Gasteiger partial charge in [-0.15, -0.1) is 0 Å². The third-order valence-corrected chi connectivity index (χ3v) is 24.5. The molecule has 0 aliphatic carbocycles. The Morgan fingerprint density at radius 3 is 0.883 bits per heavy atom. The smallest absolute Gasteiger partial charge is 0.394 e. The van der Waals surface area contributed by atoms with E-state index in [0.717, 1.165) is 43.3 Å². The van der Waals surface area contributed by atoms with Crippen LogP contribution >= 0.6 is 39.1 Å². The second-order valence-corrected chi connectivity index (χ2v) is 34.5. The van der Waals surface area contributed by atoms with Gasteiger partial charge in [0.2, 0.25) is 0 Å². The zero-order valence-corrected chi connectivity index (χ0v) is 65.6. The Balaban J connectivity index is 0.634. The van der Waals surface area contributed by atoms with E-state index >= 15 is 0 Å². The van der Waals surface area contributed by atoms with Gasteiger partial charge >= 0.3 is 73.3 Å². The van der Waals surface area contributed by atoms with Crippen molar-refractivity contribution < 1.29 is 131 Å². The number of ether oxygens (including phenoxy) is 6. The van der Waals surface area contributed by atoms with E-state index in [1.165, 1.54) is 39.9 Å². The highest BCUT2D eigenvalue weighted by atomic mass is 31.2. The molecule has 0 spiro atoms. The number of aliphatic hydroxyl groups is 2. The number of H-pyrrole nitrogens is 3. The summed E-state index contributed by atoms with van der Waals surface area (Å²) in [6, 6.07) is 3.68. The molecule has 6 aliphatic heterocycles. The van der Waals surface area contributed by atoms with Crippen LogP contribution in [-0.2, 0) is 96.5 Å². The normalized spacial score (nSPS) is 29.7. The van der Waals surface area contributed by atoms with E-state index in [1.54, 1.807) is 0 Å². The van der Waals surface area contributed by atoms with E-state index < -0.39 is 249 Å². The molecule has 58 nitrogen and oxygen atoms in total. The van der Waals surface area contributed by atoms with E-state index in [9.17, 15) is 86.3 Å². The van der Waals surface area contributed by atoms with Gasteiger partial charge in [-0.2, -0.15) is 29.9 Å². The lowest BCUT2D eigenvalue weighted by Gasteiger charge is -2.26. The quantitative estimate of drug-likeness (QED) is 0.0180. The Morgan fingerprint density at radius 1 is 0.367 bits per heavy atom. The largest absolute Gasteiger partial charge is 0.472 e. The highest BCUT2D eigenvalue weighted by Gasteiger charge is 2.52. The average molecular weight is 1790 g/mol. The maximum Gasteiger partial charge on any atom is 0.472 e. The molecule has 0 aromatic carbocycles. The summed E-state index contributed by atoms with van der Waals surface area (Å²) < 4.78 is 168. The van der Waals surface area contributed by atoms with Crippen LogP contribution in [0.15, 0.2) is 84.5 Å². The number of imidazole rings is 3. The molecule has 0 bridgehead atoms. The molecular weight excluding hydrogens is 1720 g/mol. The van der Waals surface area contributed by atoms with E-state index in [4.69, 9.17) is 108 Å². The van der Waals surface area contributed by atoms with Crippen LogP contribution in [0.3, 0.4) is 0 Å². The van der Waals surface area contributed by atoms with E-state index in [1.807, 2.05) is 0 Å². The first-order valence-corrected chi connectivity index (χ1v) is 43.0. The average Bonchev–Trinajstić information content (AvgIpc) is 1.63. The van der Waals surface area contributed by atoms with Gasteiger partial charge in [0.1, 0.15) is 156 Å². The number of aromatic nitrogens is 18. The van der Waals surface area contributed by atoms with Gasteiger partial charge in [0.25, 0.3) is 0 Å². The molecular formula is C57H73N24O34P5. The minimum Gasteiger partial charge on any atom is -0.394 e. The summed E-state index contributed by atoms with van der Waals surface area (Å²) in [5.41, 5.74) is 29.0. The SMILES string of the molecule is Nc1ccn([C@H]2C[C@H](OP(=O)(O)OC[C@H]3O[C@@H](n4ccc(N)nc4=O)C[C@@H]3O)[C@@H](COP(=O)(O)O[C@H]3C[C@H](n4ccc(N)nc4=O)O[C@@H]3COP(=O)(O)O[C@H]3C[C@H](n4cnc5c(N)[nH]c(=O)nc54)O[C@@H]3COP(=O)(O)O[C@H]3C[C@H](n4cnc5c(N)[nH]c(=O)nc54)O[C@@H]3COP(=O)(O)O[C@H]3C[C@H](n4cnc5c(N)[nH]c(=O)nc54)O[C@@H]3CO)O2)c(=O)n1. The standard InChI is InChI=1S/C57H73N24O34P5/c58-34-1-4-76(55(87)67-34)37-7-22(83)29(106-37)14-100-116(90,91)112-24-9-38(77-5-2-35(59)68-56(77)88)107-30(24)15-102-118(94,95)113-25-10-39(78-6-3-36(60)69-57(78)89)108-31(25)16-103-119(96,97)114-27-12-42(81-21-66-45-48(63)72-54(86)75-51(45)81)110-33(27)18-104-120(98,99)115-26-11-41(80-20-65-44-47(62)71-53(85)74-50(44)80)109-32(26)17-101-117(92,93)111-23-8-40(105-28(23)13-82)79-19-64-43-46(61)70-52(84)73-49(43)79/h1-6,19-33,37-42,82-83H,7-18H2,(H,90,91)(H,92,93)(H,94,95)(H,96,97)(H,98,99)(H2,58,67,87)(H2,59,68,88)(H2,60,69,89)(H3,61,70,73,84)(H3,62,71,74,85)(H3,63,72,75,86)/t22-,23-,24-,25-,26-,27-,28+,29+,30+,31+,32+,33+,37+,38+,39+,40+,41+,42+/m0/s1. The molecule has 0 amide bonds. The lowest BCUT2D eigenvalue weighted by atomic mass is 10.2. The van der Waals surface area contributed by atoms with Crippen molar-refractivity contribution >= 4 is 108 Å². The molecule has 0 radical (unpaired) electrons. The van der Waals surface area contributed by atoms with Crippen molar-refractivity contribution in [2.24, 2.45) is 0 Å². The molecule has 6 aliphatic rings. The van der Waals surface area contributed by atoms with Crippen molar-refractivity contribution in [3.63, 3.8) is 0 Å². The number of hydrogen-bond donors (Lipinski definition) is 16. The summed E-state index contributed by atoms with van der Waals surface area (Å²) in [5, 5.41) is 21.1. The van der Waals surface area contributed by atoms with Gasteiger partial charge in [-0.3, -0.25) is 87.6 Å². The van der Waals surface area contributed by atoms with E-state index in [2.05, 4.69) is 59.8 Å². The maximum absolute atomic E-state index is 14.5. The number of nitrogen functional groups attached to an aromatic ring is 6. The van der Waals surface area contributed by atoms with Crippen molar-refractivity contribution in [2.75, 3.05) is 74.0 Å². The Labute approximate surface area is 665 Å². The number of nitrogens with zero attached hydrogens (tertiary/aromatic N) is 15. The van der Waals surface area contributed by atoms with Gasteiger partial charge in [-0.05, 0) is 18.2 Å². The van der Waals surface area contributed by atoms with Crippen molar-refractivity contribution in [2.45, 2.75) is 149 Å². The number of nitrogens with one attached hydrogen (secondary N) is 3. The van der Waals surface area contributed by atoms with Crippen molar-refractivity contribution in [3.8, 4) is 0 Å². The summed E-state index contributed by atoms with van der Waals surface area (Å²) in [5.74, 6) is -1.16. The number of phosphoric acid groups is 5. The number of aliphatic hydroxyl groups excluding tert-OH is 2. The van der Waals surface area contributed by atoms with E-state index in [-0.39, 0.29) is 81.2 Å². The topological polar surface area (TPSA) is 826 Å². The number of phosphoric ester groups is 5. The molecule has 9 aromatic rings. The molecule has 22 N–H and O–H groups in total. The Kier molecular flexibility index (Phi) is 24.2. The monoisotopic (exact) mass is 1790 g/mol. The lowest BCUT2D eigenvalue weighted by molar-refractivity contribution is -0.0650. The van der Waals surface area contributed by atoms with Crippen LogP contribution in [0, 0.1) is 0 Å². The predicted molar refractivity (Wildman–Crippen MR) is 394 cm³/mol. The van der Waals surface area contributed by atoms with Crippen LogP contribution in [0.4, 0.5) is 34.9 Å². The number of aromatic amines is 3. The number of anilines is 6. The molecule has 15 rings (SSSR count). The fraction of sp³-hybridized carbons (Fsp3) is 0.526. The number of hydrogen-bond acceptors (Lipinski definition) is 44. The first-order valence-electron chi connectivity index (χ1n) is 35.5. The molecule has 6 fully saturated rings. The molecule has 650 valence electrons. The van der Waals surface area contributed by atoms with Gasteiger partial charge in [0.05, 0.1) is 64.7 Å². The van der Waals surface area contributed by atoms with Gasteiger partial charge in [0, 0.05) is 57.1 Å². The number of rotatable bonds is 32. The first kappa shape index (κ1) is 85.7.